The maximum absolute atomic E-state index is 10.7. The van der Waals surface area contributed by atoms with Crippen LogP contribution >= 0.6 is 0 Å². The molecule has 2 saturated heterocycles. The second-order valence-corrected chi connectivity index (χ2v) is 2.71. The van der Waals surface area contributed by atoms with E-state index in [0.717, 1.165) is 13.1 Å². The third kappa shape index (κ3) is 1.24. The van der Waals surface area contributed by atoms with Crippen LogP contribution in [0, 0.1) is 5.92 Å². The summed E-state index contributed by atoms with van der Waals surface area (Å²) in [6.45, 7) is 1.90. The van der Waals surface area contributed by atoms with Crippen molar-refractivity contribution in [3.63, 3.8) is 0 Å². The molecule has 0 aromatic heterocycles. The molecule has 1 amide bonds. The topological polar surface area (TPSA) is 43.2 Å². The first-order valence-corrected chi connectivity index (χ1v) is 3.30. The number of rotatable bonds is 0. The van der Waals surface area contributed by atoms with Gasteiger partial charge in [-0.3, -0.25) is 0 Å². The van der Waals surface area contributed by atoms with E-state index in [4.69, 9.17) is 0 Å². The van der Waals surface area contributed by atoms with Crippen LogP contribution in [0.1, 0.15) is 6.42 Å². The number of nitrogens with zero attached hydrogens (tertiary/aromatic N) is 1. The largest absolute Gasteiger partial charge is 0.649 e. The normalized spacial score (nSPS) is 36.6. The Morgan fingerprint density at radius 1 is 1.50 bits per heavy atom. The predicted octanol–water partition coefficient (Wildman–Crippen LogP) is -0.124. The summed E-state index contributed by atoms with van der Waals surface area (Å²) in [5.74, 6) is 0.629. The minimum Gasteiger partial charge on any atom is -0.649 e. The number of carbonyl (C=O) groups is 1. The standard InChI is InChI=1S/C6H10N2O.Re/c9-6-1-4-2-7-3-5(4)8-6;/h4-5,7H,1-3H2,(H,8,9);/p-1. The van der Waals surface area contributed by atoms with Gasteiger partial charge >= 0.3 is 0 Å². The average molecular weight is 311 g/mol. The molecule has 0 aromatic rings. The van der Waals surface area contributed by atoms with Crippen molar-refractivity contribution in [2.24, 2.45) is 5.92 Å². The van der Waals surface area contributed by atoms with E-state index in [-0.39, 0.29) is 26.3 Å². The molecule has 10 heavy (non-hydrogen) atoms. The average Bonchev–Trinajstić information content (AvgIpc) is 2.22. The van der Waals surface area contributed by atoms with Crippen LogP contribution in [0.15, 0.2) is 0 Å². The Kier molecular flexibility index (Phi) is 2.46. The van der Waals surface area contributed by atoms with Crippen LogP contribution in [-0.2, 0) is 25.2 Å². The first kappa shape index (κ1) is 8.19. The van der Waals surface area contributed by atoms with E-state index < -0.39 is 0 Å². The number of fused-ring (bicyclic) bond motifs is 1. The first-order chi connectivity index (χ1) is 4.36. The van der Waals surface area contributed by atoms with Gasteiger partial charge in [0.05, 0.1) is 5.91 Å². The first-order valence-electron chi connectivity index (χ1n) is 3.30. The van der Waals surface area contributed by atoms with Gasteiger partial charge in [-0.05, 0) is 25.4 Å². The van der Waals surface area contributed by atoms with Crippen LogP contribution in [0.4, 0.5) is 0 Å². The van der Waals surface area contributed by atoms with Crippen molar-refractivity contribution in [3.8, 4) is 0 Å². The Bertz CT molecular complexity index is 137. The predicted molar refractivity (Wildman–Crippen MR) is 33.1 cm³/mol. The zero-order valence-electron chi connectivity index (χ0n) is 5.51. The molecule has 0 saturated carbocycles. The Balaban J connectivity index is 0.000000500. The molecule has 2 rings (SSSR count). The van der Waals surface area contributed by atoms with Gasteiger partial charge < -0.3 is 15.4 Å². The molecular formula is C6H9N2ORe-. The Labute approximate surface area is 73.6 Å². The molecule has 0 aromatic carbocycles. The van der Waals surface area contributed by atoms with Gasteiger partial charge in [0.2, 0.25) is 0 Å². The minimum atomic E-state index is 0. The van der Waals surface area contributed by atoms with Crippen molar-refractivity contribution in [2.75, 3.05) is 13.1 Å². The van der Waals surface area contributed by atoms with Crippen LogP contribution in [0.5, 0.6) is 0 Å². The van der Waals surface area contributed by atoms with E-state index in [0.29, 0.717) is 18.4 Å². The fourth-order valence-electron chi connectivity index (χ4n) is 1.54. The van der Waals surface area contributed by atoms with Gasteiger partial charge in [-0.1, -0.05) is 6.04 Å². The molecular weight excluding hydrogens is 302 g/mol. The second kappa shape index (κ2) is 3.00. The van der Waals surface area contributed by atoms with Gasteiger partial charge in [0.25, 0.3) is 0 Å². The van der Waals surface area contributed by atoms with Crippen molar-refractivity contribution in [1.29, 1.82) is 0 Å². The monoisotopic (exact) mass is 312 g/mol. The number of amides is 1. The second-order valence-electron chi connectivity index (χ2n) is 2.71. The quantitative estimate of drug-likeness (QED) is 0.678. The summed E-state index contributed by atoms with van der Waals surface area (Å²) in [5.41, 5.74) is 0. The summed E-state index contributed by atoms with van der Waals surface area (Å²) >= 11 is 0. The number of nitrogens with one attached hydrogen (secondary N) is 1. The van der Waals surface area contributed by atoms with Crippen molar-refractivity contribution >= 4 is 5.91 Å². The van der Waals surface area contributed by atoms with E-state index in [9.17, 15) is 4.79 Å². The van der Waals surface area contributed by atoms with E-state index in [1.165, 1.54) is 0 Å². The van der Waals surface area contributed by atoms with Gasteiger partial charge in [-0.15, -0.1) is 0 Å². The Morgan fingerprint density at radius 3 is 3.00 bits per heavy atom. The Hall–Kier alpha value is 0.0923. The molecule has 0 aliphatic carbocycles. The van der Waals surface area contributed by atoms with Crippen molar-refractivity contribution in [1.82, 2.24) is 5.32 Å². The molecule has 1 N–H and O–H groups in total. The van der Waals surface area contributed by atoms with Gasteiger partial charge in [-0.25, -0.2) is 0 Å². The molecule has 57 valence electrons. The van der Waals surface area contributed by atoms with Crippen LogP contribution < -0.4 is 5.32 Å². The molecule has 2 heterocycles. The molecule has 1 radical (unpaired) electrons. The summed E-state index contributed by atoms with van der Waals surface area (Å²) in [6.07, 6.45) is 0.678. The maximum Gasteiger partial charge on any atom is 0.0516 e. The molecule has 3 nitrogen and oxygen atoms in total. The van der Waals surface area contributed by atoms with E-state index in [1.807, 2.05) is 0 Å². The van der Waals surface area contributed by atoms with E-state index >= 15 is 0 Å². The van der Waals surface area contributed by atoms with Crippen molar-refractivity contribution in [3.05, 3.63) is 5.32 Å². The Morgan fingerprint density at radius 2 is 2.30 bits per heavy atom. The molecule has 2 atom stereocenters. The van der Waals surface area contributed by atoms with Crippen LogP contribution in [0.3, 0.4) is 0 Å². The van der Waals surface area contributed by atoms with Gasteiger partial charge in [0.1, 0.15) is 0 Å². The third-order valence-corrected chi connectivity index (χ3v) is 2.05. The molecule has 2 unspecified atom stereocenters. The maximum atomic E-state index is 10.7. The number of hydrogen-bond acceptors (Lipinski definition) is 2. The minimum absolute atomic E-state index is 0. The number of hydrogen-bond donors (Lipinski definition) is 1. The SMILES string of the molecule is O=C1CC2CNCC2[N-]1.[Re]. The number of carbonyl (C=O) groups excluding carboxylic acids is 1. The summed E-state index contributed by atoms with van der Waals surface area (Å²) in [7, 11) is 0. The molecule has 0 bridgehead atoms. The zero-order chi connectivity index (χ0) is 6.27. The van der Waals surface area contributed by atoms with Gasteiger partial charge in [0, 0.05) is 20.4 Å². The van der Waals surface area contributed by atoms with Crippen LogP contribution in [-0.4, -0.2) is 25.0 Å². The van der Waals surface area contributed by atoms with E-state index in [2.05, 4.69) is 10.6 Å². The van der Waals surface area contributed by atoms with E-state index in [1.54, 1.807) is 0 Å². The van der Waals surface area contributed by atoms with Gasteiger partial charge in [0.15, 0.2) is 0 Å². The summed E-state index contributed by atoms with van der Waals surface area (Å²) in [5, 5.41) is 7.15. The summed E-state index contributed by atoms with van der Waals surface area (Å²) in [4.78, 5) is 10.7. The van der Waals surface area contributed by atoms with Crippen molar-refractivity contribution in [2.45, 2.75) is 12.5 Å². The molecule has 4 heteroatoms. The molecule has 2 aliphatic heterocycles. The fourth-order valence-corrected chi connectivity index (χ4v) is 1.54. The molecule has 0 spiro atoms. The summed E-state index contributed by atoms with van der Waals surface area (Å²) in [6, 6.07) is 0.317. The zero-order valence-corrected chi connectivity index (χ0v) is 8.23. The fraction of sp³-hybridized carbons (Fsp3) is 0.833. The summed E-state index contributed by atoms with van der Waals surface area (Å²) < 4.78 is 0. The third-order valence-electron chi connectivity index (χ3n) is 2.05. The van der Waals surface area contributed by atoms with Crippen molar-refractivity contribution < 1.29 is 25.2 Å². The van der Waals surface area contributed by atoms with Gasteiger partial charge in [-0.2, -0.15) is 0 Å². The van der Waals surface area contributed by atoms with Crippen LogP contribution in [0.2, 0.25) is 0 Å². The smallest absolute Gasteiger partial charge is 0.0516 e. The molecule has 2 fully saturated rings. The molecule has 2 aliphatic rings. The van der Waals surface area contributed by atoms with Crippen LogP contribution in [0.25, 0.3) is 5.32 Å².